The van der Waals surface area contributed by atoms with Crippen LogP contribution in [-0.2, 0) is 22.6 Å². The number of rotatable bonds is 5. The number of hydrogen-bond acceptors (Lipinski definition) is 6. The lowest BCUT2D eigenvalue weighted by molar-refractivity contribution is -0.134. The fourth-order valence-corrected chi connectivity index (χ4v) is 3.58. The third-order valence-corrected chi connectivity index (χ3v) is 5.06. The molecule has 2 saturated heterocycles. The molecule has 0 radical (unpaired) electrons. The zero-order valence-corrected chi connectivity index (χ0v) is 15.1. The highest BCUT2D eigenvalue weighted by atomic mass is 19.1. The molecule has 3 heterocycles. The molecule has 144 valence electrons. The fraction of sp³-hybridized carbons (Fsp3) is 0.526. The van der Waals surface area contributed by atoms with Crippen LogP contribution in [0.3, 0.4) is 0 Å². The molecule has 7 nitrogen and oxygen atoms in total. The Morgan fingerprint density at radius 1 is 1.22 bits per heavy atom. The van der Waals surface area contributed by atoms with E-state index in [1.807, 2.05) is 6.07 Å². The van der Waals surface area contributed by atoms with Gasteiger partial charge >= 0.3 is 0 Å². The maximum Gasteiger partial charge on any atom is 0.231 e. The van der Waals surface area contributed by atoms with Crippen molar-refractivity contribution in [1.29, 1.82) is 0 Å². The smallest absolute Gasteiger partial charge is 0.231 e. The van der Waals surface area contributed by atoms with Gasteiger partial charge in [-0.25, -0.2) is 4.39 Å². The lowest BCUT2D eigenvalue weighted by atomic mass is 9.97. The van der Waals surface area contributed by atoms with Crippen LogP contribution in [-0.4, -0.2) is 58.7 Å². The van der Waals surface area contributed by atoms with Crippen LogP contribution in [0.2, 0.25) is 0 Å². The summed E-state index contributed by atoms with van der Waals surface area (Å²) in [6.45, 7) is 4.73. The van der Waals surface area contributed by atoms with Crippen LogP contribution >= 0.6 is 0 Å². The number of carbonyl (C=O) groups is 1. The molecule has 8 heteroatoms. The van der Waals surface area contributed by atoms with Crippen LogP contribution in [0.15, 0.2) is 28.8 Å². The molecule has 1 atom stereocenters. The number of amides is 1. The zero-order valence-electron chi connectivity index (χ0n) is 15.1. The molecular formula is C19H23FN4O3. The molecule has 27 heavy (non-hydrogen) atoms. The Bertz CT molecular complexity index is 791. The van der Waals surface area contributed by atoms with Gasteiger partial charge in [-0.2, -0.15) is 4.98 Å². The Hall–Kier alpha value is -2.32. The van der Waals surface area contributed by atoms with Gasteiger partial charge in [-0.3, -0.25) is 9.69 Å². The lowest BCUT2D eigenvalue weighted by Crippen LogP contribution is -2.38. The van der Waals surface area contributed by atoms with Crippen LogP contribution in [0.5, 0.6) is 0 Å². The molecule has 1 aromatic carbocycles. The van der Waals surface area contributed by atoms with Gasteiger partial charge in [-0.15, -0.1) is 0 Å². The first kappa shape index (κ1) is 18.1. The van der Waals surface area contributed by atoms with Crippen molar-refractivity contribution in [3.8, 4) is 0 Å². The van der Waals surface area contributed by atoms with Crippen LogP contribution in [0, 0.1) is 5.82 Å². The van der Waals surface area contributed by atoms with Gasteiger partial charge in [0.25, 0.3) is 0 Å². The number of piperidine rings is 1. The van der Waals surface area contributed by atoms with Crippen molar-refractivity contribution in [3.05, 3.63) is 47.4 Å². The highest BCUT2D eigenvalue weighted by molar-refractivity contribution is 5.77. The van der Waals surface area contributed by atoms with Crippen molar-refractivity contribution in [3.63, 3.8) is 0 Å². The first-order valence-corrected chi connectivity index (χ1v) is 9.32. The van der Waals surface area contributed by atoms with Crippen LogP contribution in [0.25, 0.3) is 0 Å². The average molecular weight is 374 g/mol. The van der Waals surface area contributed by atoms with Crippen molar-refractivity contribution >= 4 is 5.91 Å². The van der Waals surface area contributed by atoms with E-state index in [0.29, 0.717) is 44.2 Å². The minimum Gasteiger partial charge on any atom is -0.379 e. The molecule has 2 aliphatic heterocycles. The second-order valence-electron chi connectivity index (χ2n) is 7.08. The quantitative estimate of drug-likeness (QED) is 0.797. The molecule has 0 saturated carbocycles. The largest absolute Gasteiger partial charge is 0.379 e. The summed E-state index contributed by atoms with van der Waals surface area (Å²) in [5.74, 6) is 1.04. The number of morpholine rings is 1. The molecule has 0 spiro atoms. The number of halogens is 1. The first-order chi connectivity index (χ1) is 13.2. The van der Waals surface area contributed by atoms with Crippen molar-refractivity contribution in [2.45, 2.75) is 31.8 Å². The Kier molecular flexibility index (Phi) is 5.45. The molecule has 1 unspecified atom stereocenters. The molecule has 2 aliphatic rings. The van der Waals surface area contributed by atoms with E-state index in [9.17, 15) is 9.18 Å². The van der Waals surface area contributed by atoms with Crippen molar-refractivity contribution in [2.24, 2.45) is 0 Å². The molecule has 4 rings (SSSR count). The summed E-state index contributed by atoms with van der Waals surface area (Å²) < 4.78 is 24.2. The maximum absolute atomic E-state index is 13.4. The van der Waals surface area contributed by atoms with Gasteiger partial charge in [0.1, 0.15) is 5.82 Å². The first-order valence-electron chi connectivity index (χ1n) is 9.32. The minimum absolute atomic E-state index is 0.0159. The van der Waals surface area contributed by atoms with Crippen LogP contribution < -0.4 is 0 Å². The summed E-state index contributed by atoms with van der Waals surface area (Å²) in [4.78, 5) is 20.8. The SMILES string of the molecule is O=C1CCC(c2nc(CN3CCOCC3)no2)CN1Cc1cccc(F)c1. The van der Waals surface area contributed by atoms with Gasteiger partial charge in [-0.1, -0.05) is 17.3 Å². The van der Waals surface area contributed by atoms with E-state index in [1.165, 1.54) is 12.1 Å². The molecule has 1 aromatic heterocycles. The van der Waals surface area contributed by atoms with E-state index in [4.69, 9.17) is 9.26 Å². The van der Waals surface area contributed by atoms with E-state index >= 15 is 0 Å². The summed E-state index contributed by atoms with van der Waals surface area (Å²) in [5, 5.41) is 4.10. The van der Waals surface area contributed by atoms with Gasteiger partial charge in [0, 0.05) is 32.6 Å². The molecular weight excluding hydrogens is 351 g/mol. The zero-order chi connectivity index (χ0) is 18.6. The highest BCUT2D eigenvalue weighted by Crippen LogP contribution is 2.27. The molecule has 0 N–H and O–H groups in total. The molecule has 0 bridgehead atoms. The van der Waals surface area contributed by atoms with E-state index in [1.54, 1.807) is 11.0 Å². The van der Waals surface area contributed by atoms with E-state index < -0.39 is 0 Å². The topological polar surface area (TPSA) is 71.7 Å². The number of nitrogens with zero attached hydrogens (tertiary/aromatic N) is 4. The summed E-state index contributed by atoms with van der Waals surface area (Å²) in [7, 11) is 0. The number of benzene rings is 1. The third-order valence-electron chi connectivity index (χ3n) is 5.06. The van der Waals surface area contributed by atoms with Gasteiger partial charge < -0.3 is 14.2 Å². The summed E-state index contributed by atoms with van der Waals surface area (Å²) in [5.41, 5.74) is 0.780. The molecule has 1 amide bonds. The third kappa shape index (κ3) is 4.51. The second kappa shape index (κ2) is 8.14. The van der Waals surface area contributed by atoms with Gasteiger partial charge in [0.2, 0.25) is 11.8 Å². The van der Waals surface area contributed by atoms with Crippen LogP contribution in [0.4, 0.5) is 4.39 Å². The van der Waals surface area contributed by atoms with Gasteiger partial charge in [-0.05, 0) is 24.1 Å². The number of aromatic nitrogens is 2. The molecule has 2 fully saturated rings. The van der Waals surface area contributed by atoms with Crippen molar-refractivity contribution < 1.29 is 18.4 Å². The highest BCUT2D eigenvalue weighted by Gasteiger charge is 2.30. The second-order valence-corrected chi connectivity index (χ2v) is 7.08. The summed E-state index contributed by atoms with van der Waals surface area (Å²) in [6.07, 6.45) is 1.12. The Balaban J connectivity index is 1.39. The van der Waals surface area contributed by atoms with Gasteiger partial charge in [0.15, 0.2) is 5.82 Å². The van der Waals surface area contributed by atoms with Crippen LogP contribution in [0.1, 0.15) is 36.0 Å². The predicted octanol–water partition coefficient (Wildman–Crippen LogP) is 1.95. The molecule has 2 aromatic rings. The van der Waals surface area contributed by atoms with Crippen molar-refractivity contribution in [1.82, 2.24) is 19.9 Å². The van der Waals surface area contributed by atoms with Crippen molar-refractivity contribution in [2.75, 3.05) is 32.8 Å². The Morgan fingerprint density at radius 3 is 2.89 bits per heavy atom. The summed E-state index contributed by atoms with van der Waals surface area (Å²) >= 11 is 0. The number of carbonyl (C=O) groups excluding carboxylic acids is 1. The predicted molar refractivity (Wildman–Crippen MR) is 94.2 cm³/mol. The Labute approximate surface area is 157 Å². The lowest BCUT2D eigenvalue weighted by Gasteiger charge is -2.31. The number of ether oxygens (including phenoxy) is 1. The number of likely N-dealkylation sites (tertiary alicyclic amines) is 1. The maximum atomic E-state index is 13.4. The average Bonchev–Trinajstić information content (AvgIpc) is 3.13. The monoisotopic (exact) mass is 374 g/mol. The summed E-state index contributed by atoms with van der Waals surface area (Å²) in [6, 6.07) is 6.35. The standard InChI is InChI=1S/C19H23FN4O3/c20-16-3-1-2-14(10-16)11-24-12-15(4-5-18(24)25)19-21-17(22-27-19)13-23-6-8-26-9-7-23/h1-3,10,15H,4-9,11-13H2. The fourth-order valence-electron chi connectivity index (χ4n) is 3.58. The van der Waals surface area contributed by atoms with E-state index in [-0.39, 0.29) is 17.6 Å². The molecule has 0 aliphatic carbocycles. The van der Waals surface area contributed by atoms with E-state index in [0.717, 1.165) is 31.9 Å². The van der Waals surface area contributed by atoms with Gasteiger partial charge in [0.05, 0.1) is 25.7 Å². The Morgan fingerprint density at radius 2 is 2.07 bits per heavy atom. The number of hydrogen-bond donors (Lipinski definition) is 0. The normalized spacial score (nSPS) is 21.6. The van der Waals surface area contributed by atoms with E-state index in [2.05, 4.69) is 15.0 Å². The minimum atomic E-state index is -0.293.